The summed E-state index contributed by atoms with van der Waals surface area (Å²) in [5.74, 6) is -4.47. The molecule has 2 heterocycles. The molecule has 0 spiro atoms. The lowest BCUT2D eigenvalue weighted by Crippen LogP contribution is -2.28. The van der Waals surface area contributed by atoms with Crippen LogP contribution < -0.4 is 9.47 Å². The molecule has 12 heteroatoms. The monoisotopic (exact) mass is 680 g/mol. The van der Waals surface area contributed by atoms with Crippen LogP contribution in [-0.2, 0) is 5.41 Å². The van der Waals surface area contributed by atoms with E-state index in [0.717, 1.165) is 34.4 Å². The number of hydrogen-bond acceptors (Lipinski definition) is 8. The van der Waals surface area contributed by atoms with Gasteiger partial charge in [0.15, 0.2) is 0 Å². The van der Waals surface area contributed by atoms with Gasteiger partial charge in [-0.05, 0) is 95.1 Å². The van der Waals surface area contributed by atoms with Gasteiger partial charge in [0.05, 0.1) is 39.1 Å². The molecule has 2 aromatic heterocycles. The van der Waals surface area contributed by atoms with Gasteiger partial charge >= 0.3 is 23.9 Å². The topological polar surface area (TPSA) is 193 Å². The van der Waals surface area contributed by atoms with Gasteiger partial charge in [0, 0.05) is 12.4 Å². The van der Waals surface area contributed by atoms with Gasteiger partial charge in [-0.2, -0.15) is 0 Å². The van der Waals surface area contributed by atoms with Crippen LogP contribution >= 0.6 is 0 Å². The molecule has 0 aliphatic heterocycles. The van der Waals surface area contributed by atoms with Crippen molar-refractivity contribution in [3.63, 3.8) is 0 Å². The molecule has 1 aliphatic rings. The molecule has 7 rings (SSSR count). The third-order valence-corrected chi connectivity index (χ3v) is 8.60. The number of fused-ring (bicyclic) bond motifs is 3. The number of nitrogens with zero attached hydrogens (tertiary/aromatic N) is 2. The maximum absolute atomic E-state index is 11.7. The predicted molar refractivity (Wildman–Crippen MR) is 180 cm³/mol. The molecule has 4 aromatic carbocycles. The molecule has 0 bridgehead atoms. The van der Waals surface area contributed by atoms with E-state index in [1.54, 1.807) is 36.7 Å². The Labute approximate surface area is 288 Å². The van der Waals surface area contributed by atoms with E-state index < -0.39 is 40.4 Å². The van der Waals surface area contributed by atoms with Gasteiger partial charge in [0.2, 0.25) is 0 Å². The van der Waals surface area contributed by atoms with Crippen molar-refractivity contribution in [2.24, 2.45) is 0 Å². The number of pyridine rings is 2. The molecule has 4 N–H and O–H groups in total. The second-order valence-electron chi connectivity index (χ2n) is 11.4. The Hall–Kier alpha value is -7.34. The van der Waals surface area contributed by atoms with Gasteiger partial charge in [0.1, 0.15) is 23.0 Å². The molecule has 250 valence electrons. The molecule has 12 nitrogen and oxygen atoms in total. The lowest BCUT2D eigenvalue weighted by molar-refractivity contribution is 0.0651. The Kier molecular flexibility index (Phi) is 7.96. The van der Waals surface area contributed by atoms with Crippen molar-refractivity contribution < 1.29 is 49.1 Å². The van der Waals surface area contributed by atoms with Crippen LogP contribution in [0.3, 0.4) is 0 Å². The van der Waals surface area contributed by atoms with Gasteiger partial charge in [0.25, 0.3) is 0 Å². The highest BCUT2D eigenvalue weighted by atomic mass is 16.5. The largest absolute Gasteiger partial charge is 0.478 e. The van der Waals surface area contributed by atoms with Crippen LogP contribution in [0.5, 0.6) is 23.0 Å². The van der Waals surface area contributed by atoms with Crippen molar-refractivity contribution in [1.29, 1.82) is 0 Å². The third-order valence-electron chi connectivity index (χ3n) is 8.60. The summed E-state index contributed by atoms with van der Waals surface area (Å²) in [4.78, 5) is 55.8. The van der Waals surface area contributed by atoms with Crippen molar-refractivity contribution in [2.75, 3.05) is 0 Å². The van der Waals surface area contributed by atoms with E-state index in [1.807, 2.05) is 48.5 Å². The molecular weight excluding hydrogens is 656 g/mol. The van der Waals surface area contributed by atoms with Crippen LogP contribution in [0.2, 0.25) is 0 Å². The Morgan fingerprint density at radius 3 is 1.16 bits per heavy atom. The fourth-order valence-corrected chi connectivity index (χ4v) is 6.45. The molecule has 0 radical (unpaired) electrons. The number of hydrogen-bond donors (Lipinski definition) is 4. The van der Waals surface area contributed by atoms with E-state index in [4.69, 9.17) is 9.47 Å². The van der Waals surface area contributed by atoms with E-state index in [2.05, 4.69) is 9.97 Å². The first-order valence-electron chi connectivity index (χ1n) is 15.3. The van der Waals surface area contributed by atoms with E-state index in [-0.39, 0.29) is 22.6 Å². The summed E-state index contributed by atoms with van der Waals surface area (Å²) in [5, 5.41) is 37.8. The lowest BCUT2D eigenvalue weighted by atomic mass is 9.68. The number of carboxylic acid groups (broad SMARTS) is 4. The van der Waals surface area contributed by atoms with Gasteiger partial charge in [-0.15, -0.1) is 0 Å². The van der Waals surface area contributed by atoms with Crippen molar-refractivity contribution in [1.82, 2.24) is 9.97 Å². The fraction of sp³-hybridized carbons (Fsp3) is 0.0256. The minimum atomic E-state index is -1.39. The summed E-state index contributed by atoms with van der Waals surface area (Å²) in [6.45, 7) is 0. The van der Waals surface area contributed by atoms with Crippen LogP contribution in [0.15, 0.2) is 122 Å². The Morgan fingerprint density at radius 1 is 0.451 bits per heavy atom. The standard InChI is InChI=1S/C39H24N2O10/c42-35(43)27-15-13-25(19-29(27)37(46)47)50-23-9-5-21(6-10-23)39(31-3-1-17-40-33(31)34-32(39)4-2-18-41-34)22-7-11-24(12-8-22)51-26-14-16-28(36(44)45)30(20-26)38(48)49/h1-20H,(H,42,43)(H,44,45)(H,46,47)(H,48,49). The normalized spacial score (nSPS) is 12.3. The Morgan fingerprint density at radius 2 is 0.804 bits per heavy atom. The zero-order valence-corrected chi connectivity index (χ0v) is 26.2. The zero-order chi connectivity index (χ0) is 35.9. The second-order valence-corrected chi connectivity index (χ2v) is 11.4. The quantitative estimate of drug-likeness (QED) is 0.113. The number of ether oxygens (including phenoxy) is 2. The average Bonchev–Trinajstić information content (AvgIpc) is 3.43. The minimum Gasteiger partial charge on any atom is -0.478 e. The zero-order valence-electron chi connectivity index (χ0n) is 26.2. The van der Waals surface area contributed by atoms with Gasteiger partial charge in [-0.3, -0.25) is 9.97 Å². The van der Waals surface area contributed by atoms with Gasteiger partial charge < -0.3 is 29.9 Å². The maximum Gasteiger partial charge on any atom is 0.336 e. The molecule has 51 heavy (non-hydrogen) atoms. The molecule has 0 saturated carbocycles. The lowest BCUT2D eigenvalue weighted by Gasteiger charge is -2.33. The highest BCUT2D eigenvalue weighted by molar-refractivity contribution is 6.02. The molecule has 0 fully saturated rings. The summed E-state index contributed by atoms with van der Waals surface area (Å²) < 4.78 is 11.9. The van der Waals surface area contributed by atoms with Crippen LogP contribution in [0.25, 0.3) is 11.4 Å². The fourth-order valence-electron chi connectivity index (χ4n) is 6.45. The first kappa shape index (κ1) is 32.2. The van der Waals surface area contributed by atoms with E-state index in [0.29, 0.717) is 22.9 Å². The van der Waals surface area contributed by atoms with Crippen molar-refractivity contribution in [3.8, 4) is 34.4 Å². The van der Waals surface area contributed by atoms with Crippen molar-refractivity contribution >= 4 is 23.9 Å². The molecule has 0 atom stereocenters. The number of rotatable bonds is 10. The molecule has 0 unspecified atom stereocenters. The van der Waals surface area contributed by atoms with Gasteiger partial charge in [-0.25, -0.2) is 19.2 Å². The number of carboxylic acids is 4. The summed E-state index contributed by atoms with van der Waals surface area (Å²) in [6, 6.07) is 29.5. The average molecular weight is 681 g/mol. The molecule has 6 aromatic rings. The first-order valence-corrected chi connectivity index (χ1v) is 15.3. The van der Waals surface area contributed by atoms with Crippen LogP contribution in [0, 0.1) is 0 Å². The van der Waals surface area contributed by atoms with Crippen molar-refractivity contribution in [3.05, 3.63) is 166 Å². The van der Waals surface area contributed by atoms with Crippen LogP contribution in [-0.4, -0.2) is 54.3 Å². The minimum absolute atomic E-state index is 0.147. The van der Waals surface area contributed by atoms with Crippen molar-refractivity contribution in [2.45, 2.75) is 5.41 Å². The first-order chi connectivity index (χ1) is 24.6. The van der Waals surface area contributed by atoms with Gasteiger partial charge in [-0.1, -0.05) is 36.4 Å². The molecule has 0 saturated heterocycles. The third kappa shape index (κ3) is 5.56. The maximum atomic E-state index is 11.7. The van der Waals surface area contributed by atoms with E-state index in [1.165, 1.54) is 24.3 Å². The SMILES string of the molecule is O=C(O)c1ccc(Oc2ccc(C3(c4ccc(Oc5ccc(C(=O)O)c(C(=O)O)c5)cc4)c4cccnc4-c4ncccc43)cc2)cc1C(=O)O. The number of aromatic nitrogens is 2. The Bertz CT molecular complexity index is 2220. The summed E-state index contributed by atoms with van der Waals surface area (Å²) >= 11 is 0. The highest BCUT2D eigenvalue weighted by Gasteiger charge is 2.47. The smallest absolute Gasteiger partial charge is 0.336 e. The van der Waals surface area contributed by atoms with Crippen LogP contribution in [0.4, 0.5) is 0 Å². The molecular formula is C39H24N2O10. The summed E-state index contributed by atoms with van der Waals surface area (Å²) in [6.07, 6.45) is 3.40. The summed E-state index contributed by atoms with van der Waals surface area (Å²) in [5.41, 5.74) is 2.36. The number of benzene rings is 4. The number of aromatic carboxylic acids is 4. The molecule has 1 aliphatic carbocycles. The van der Waals surface area contributed by atoms with E-state index >= 15 is 0 Å². The highest BCUT2D eigenvalue weighted by Crippen LogP contribution is 2.55. The number of carbonyl (C=O) groups is 4. The van der Waals surface area contributed by atoms with Crippen LogP contribution in [0.1, 0.15) is 63.7 Å². The predicted octanol–water partition coefficient (Wildman–Crippen LogP) is 7.22. The Balaban J connectivity index is 1.29. The summed E-state index contributed by atoms with van der Waals surface area (Å²) in [7, 11) is 0. The molecule has 0 amide bonds. The van der Waals surface area contributed by atoms with E-state index in [9.17, 15) is 39.6 Å². The second kappa shape index (κ2) is 12.6.